The summed E-state index contributed by atoms with van der Waals surface area (Å²) < 4.78 is 27.6. The van der Waals surface area contributed by atoms with Crippen LogP contribution in [0.5, 0.6) is 5.75 Å². The van der Waals surface area contributed by atoms with Crippen LogP contribution in [0.15, 0.2) is 24.3 Å². The van der Waals surface area contributed by atoms with Crippen LogP contribution < -0.4 is 4.74 Å². The molecule has 0 fully saturated rings. The Hall–Kier alpha value is -0.550. The maximum absolute atomic E-state index is 11.1. The minimum Gasteiger partial charge on any atom is -0.494 e. The summed E-state index contributed by atoms with van der Waals surface area (Å²) in [6, 6.07) is 7.43. The molecule has 1 aromatic rings. The number of benzene rings is 1. The second-order valence-electron chi connectivity index (χ2n) is 3.56. The zero-order valence-corrected chi connectivity index (χ0v) is 11.7. The average molecular weight is 307 g/mol. The lowest BCUT2D eigenvalue weighted by molar-refractivity contribution is 0.340. The zero-order valence-electron chi connectivity index (χ0n) is 9.31. The summed E-state index contributed by atoms with van der Waals surface area (Å²) in [4.78, 5) is -0.168. The topological polar surface area (TPSA) is 43.4 Å². The number of halogens is 1. The number of hydrogen-bond donors (Lipinski definition) is 0. The molecule has 1 aromatic carbocycles. The van der Waals surface area contributed by atoms with E-state index >= 15 is 0 Å². The summed E-state index contributed by atoms with van der Waals surface area (Å²) in [6.07, 6.45) is 1.23. The lowest BCUT2D eigenvalue weighted by atomic mass is 10.2. The molecule has 90 valence electrons. The molecule has 0 spiro atoms. The Labute approximate surface area is 105 Å². The van der Waals surface area contributed by atoms with E-state index in [1.165, 1.54) is 6.26 Å². The van der Waals surface area contributed by atoms with Crippen molar-refractivity contribution in [2.45, 2.75) is 11.8 Å². The lowest BCUT2D eigenvalue weighted by Gasteiger charge is -2.10. The third-order valence-electron chi connectivity index (χ3n) is 2.00. The van der Waals surface area contributed by atoms with Crippen LogP contribution in [0.3, 0.4) is 0 Å². The second kappa shape index (κ2) is 5.68. The Morgan fingerprint density at radius 3 is 2.31 bits per heavy atom. The van der Waals surface area contributed by atoms with Crippen LogP contribution in [0.2, 0.25) is 0 Å². The van der Waals surface area contributed by atoms with Crippen molar-refractivity contribution in [3.8, 4) is 5.75 Å². The molecule has 0 N–H and O–H groups in total. The third kappa shape index (κ3) is 4.53. The van der Waals surface area contributed by atoms with Gasteiger partial charge in [-0.15, -0.1) is 0 Å². The molecule has 0 saturated carbocycles. The Morgan fingerprint density at radius 1 is 1.31 bits per heavy atom. The molecule has 0 bridgehead atoms. The first kappa shape index (κ1) is 13.5. The van der Waals surface area contributed by atoms with Gasteiger partial charge in [-0.25, -0.2) is 8.42 Å². The lowest BCUT2D eigenvalue weighted by Crippen LogP contribution is -2.08. The standard InChI is InChI=1S/C11H15BrO3S/c1-3-15-10-6-4-9(5-7-10)11(12)8-16(2,13)14/h4-7,11H,3,8H2,1-2H3. The third-order valence-corrected chi connectivity index (χ3v) is 4.22. The minimum atomic E-state index is -2.97. The van der Waals surface area contributed by atoms with Crippen molar-refractivity contribution >= 4 is 25.8 Å². The van der Waals surface area contributed by atoms with Gasteiger partial charge in [-0.3, -0.25) is 0 Å². The SMILES string of the molecule is CCOc1ccc(C(Br)CS(C)(=O)=O)cc1. The fourth-order valence-electron chi connectivity index (χ4n) is 1.30. The fourth-order valence-corrected chi connectivity index (χ4v) is 3.77. The van der Waals surface area contributed by atoms with E-state index in [0.29, 0.717) is 6.61 Å². The van der Waals surface area contributed by atoms with Crippen molar-refractivity contribution in [3.05, 3.63) is 29.8 Å². The predicted molar refractivity (Wildman–Crippen MR) is 69.0 cm³/mol. The molecule has 0 heterocycles. The summed E-state index contributed by atoms with van der Waals surface area (Å²) in [5.41, 5.74) is 0.939. The number of sulfone groups is 1. The highest BCUT2D eigenvalue weighted by atomic mass is 79.9. The Kier molecular flexibility index (Phi) is 4.80. The number of hydrogen-bond acceptors (Lipinski definition) is 3. The molecular weight excluding hydrogens is 292 g/mol. The molecule has 3 nitrogen and oxygen atoms in total. The highest BCUT2D eigenvalue weighted by Crippen LogP contribution is 2.26. The quantitative estimate of drug-likeness (QED) is 0.785. The van der Waals surface area contributed by atoms with Crippen LogP contribution in [0.25, 0.3) is 0 Å². The summed E-state index contributed by atoms with van der Waals surface area (Å²) in [6.45, 7) is 2.55. The molecule has 1 rings (SSSR count). The molecule has 0 saturated heterocycles. The van der Waals surface area contributed by atoms with Crippen LogP contribution in [0.4, 0.5) is 0 Å². The molecule has 16 heavy (non-hydrogen) atoms. The van der Waals surface area contributed by atoms with Crippen molar-refractivity contribution in [2.75, 3.05) is 18.6 Å². The molecule has 5 heteroatoms. The van der Waals surface area contributed by atoms with E-state index in [-0.39, 0.29) is 10.6 Å². The van der Waals surface area contributed by atoms with E-state index in [9.17, 15) is 8.42 Å². The summed E-state index contributed by atoms with van der Waals surface area (Å²) >= 11 is 3.37. The van der Waals surface area contributed by atoms with Gasteiger partial charge in [-0.1, -0.05) is 28.1 Å². The minimum absolute atomic E-state index is 0.0982. The fraction of sp³-hybridized carbons (Fsp3) is 0.455. The van der Waals surface area contributed by atoms with E-state index in [1.54, 1.807) is 0 Å². The first-order valence-corrected chi connectivity index (χ1v) is 7.94. The van der Waals surface area contributed by atoms with Gasteiger partial charge in [0.25, 0.3) is 0 Å². The Morgan fingerprint density at radius 2 is 1.88 bits per heavy atom. The molecule has 0 aliphatic heterocycles. The van der Waals surface area contributed by atoms with Crippen LogP contribution in [0.1, 0.15) is 17.3 Å². The smallest absolute Gasteiger partial charge is 0.148 e. The maximum atomic E-state index is 11.1. The molecule has 1 unspecified atom stereocenters. The van der Waals surface area contributed by atoms with Gasteiger partial charge in [0, 0.05) is 6.26 Å². The van der Waals surface area contributed by atoms with Gasteiger partial charge >= 0.3 is 0 Å². The number of alkyl halides is 1. The first-order valence-electron chi connectivity index (χ1n) is 4.97. The Balaban J connectivity index is 2.74. The normalized spacial score (nSPS) is 13.4. The summed E-state index contributed by atoms with van der Waals surface area (Å²) in [5.74, 6) is 0.895. The highest BCUT2D eigenvalue weighted by Gasteiger charge is 2.14. The van der Waals surface area contributed by atoms with Crippen LogP contribution in [0, 0.1) is 0 Å². The molecule has 0 radical (unpaired) electrons. The maximum Gasteiger partial charge on any atom is 0.148 e. The van der Waals surface area contributed by atoms with Crippen LogP contribution >= 0.6 is 15.9 Å². The van der Waals surface area contributed by atoms with Crippen molar-refractivity contribution in [1.29, 1.82) is 0 Å². The average Bonchev–Trinajstić information content (AvgIpc) is 2.16. The van der Waals surface area contributed by atoms with Gasteiger partial charge in [0.2, 0.25) is 0 Å². The van der Waals surface area contributed by atoms with E-state index in [1.807, 2.05) is 31.2 Å². The van der Waals surface area contributed by atoms with Gasteiger partial charge in [0.05, 0.1) is 17.2 Å². The monoisotopic (exact) mass is 306 g/mol. The predicted octanol–water partition coefficient (Wildman–Crippen LogP) is 2.57. The van der Waals surface area contributed by atoms with E-state index in [0.717, 1.165) is 11.3 Å². The van der Waals surface area contributed by atoms with E-state index in [4.69, 9.17) is 4.74 Å². The van der Waals surface area contributed by atoms with Crippen molar-refractivity contribution in [2.24, 2.45) is 0 Å². The van der Waals surface area contributed by atoms with Gasteiger partial charge in [0.15, 0.2) is 0 Å². The second-order valence-corrected chi connectivity index (χ2v) is 6.85. The molecule has 0 aliphatic carbocycles. The van der Waals surface area contributed by atoms with Crippen LogP contribution in [-0.4, -0.2) is 27.0 Å². The van der Waals surface area contributed by atoms with Crippen LogP contribution in [-0.2, 0) is 9.84 Å². The zero-order chi connectivity index (χ0) is 12.2. The molecule has 0 amide bonds. The van der Waals surface area contributed by atoms with Crippen molar-refractivity contribution in [1.82, 2.24) is 0 Å². The molecule has 0 aromatic heterocycles. The molecule has 1 atom stereocenters. The number of ether oxygens (including phenoxy) is 1. The molecule has 0 aliphatic rings. The van der Waals surface area contributed by atoms with E-state index in [2.05, 4.69) is 15.9 Å². The summed E-state index contributed by atoms with van der Waals surface area (Å²) in [7, 11) is -2.97. The van der Waals surface area contributed by atoms with Gasteiger partial charge < -0.3 is 4.74 Å². The van der Waals surface area contributed by atoms with Crippen molar-refractivity contribution < 1.29 is 13.2 Å². The first-order chi connectivity index (χ1) is 7.42. The van der Waals surface area contributed by atoms with E-state index < -0.39 is 9.84 Å². The van der Waals surface area contributed by atoms with Gasteiger partial charge in [0.1, 0.15) is 15.6 Å². The highest BCUT2D eigenvalue weighted by molar-refractivity contribution is 9.09. The summed E-state index contributed by atoms with van der Waals surface area (Å²) in [5, 5.41) is 0. The van der Waals surface area contributed by atoms with Gasteiger partial charge in [-0.2, -0.15) is 0 Å². The molecular formula is C11H15BrO3S. The number of rotatable bonds is 5. The van der Waals surface area contributed by atoms with Crippen molar-refractivity contribution in [3.63, 3.8) is 0 Å². The van der Waals surface area contributed by atoms with Gasteiger partial charge in [-0.05, 0) is 24.6 Å². The largest absolute Gasteiger partial charge is 0.494 e. The Bertz CT molecular complexity index is 425.